The second-order valence-electron chi connectivity index (χ2n) is 6.58. The van der Waals surface area contributed by atoms with E-state index in [0.29, 0.717) is 17.3 Å². The van der Waals surface area contributed by atoms with Crippen LogP contribution in [0.5, 0.6) is 5.75 Å². The van der Waals surface area contributed by atoms with E-state index in [4.69, 9.17) is 17.0 Å². The van der Waals surface area contributed by atoms with Gasteiger partial charge in [0.1, 0.15) is 5.75 Å². The number of thiocarbonyl (C=S) groups is 1. The highest BCUT2D eigenvalue weighted by Gasteiger charge is 2.11. The fourth-order valence-corrected chi connectivity index (χ4v) is 4.07. The molecule has 28 heavy (non-hydrogen) atoms. The lowest BCUT2D eigenvalue weighted by molar-refractivity contribution is 0.0977. The molecular formula is C21H23N3O2S2. The molecule has 0 radical (unpaired) electrons. The van der Waals surface area contributed by atoms with E-state index in [0.717, 1.165) is 34.4 Å². The molecule has 0 atom stereocenters. The van der Waals surface area contributed by atoms with E-state index in [2.05, 4.69) is 41.6 Å². The second kappa shape index (κ2) is 9.12. The highest BCUT2D eigenvalue weighted by Crippen LogP contribution is 2.29. The summed E-state index contributed by atoms with van der Waals surface area (Å²) in [6, 6.07) is 11.2. The lowest BCUT2D eigenvalue weighted by Crippen LogP contribution is -2.34. The van der Waals surface area contributed by atoms with Crippen LogP contribution in [0.15, 0.2) is 36.4 Å². The number of ether oxygens (including phenoxy) is 1. The SMILES string of the molecule is CCCCOc1ccc(C(=O)NC(=S)Nc2nc3c(C)cc(C)cc3s2)cc1. The number of carbonyl (C=O) groups excluding carboxylic acids is 1. The lowest BCUT2D eigenvalue weighted by Gasteiger charge is -2.08. The first-order valence-corrected chi connectivity index (χ1v) is 10.4. The minimum atomic E-state index is -0.272. The van der Waals surface area contributed by atoms with Crippen molar-refractivity contribution < 1.29 is 9.53 Å². The van der Waals surface area contributed by atoms with Crippen LogP contribution in [0, 0.1) is 13.8 Å². The monoisotopic (exact) mass is 413 g/mol. The molecule has 1 heterocycles. The zero-order chi connectivity index (χ0) is 20.1. The third-order valence-corrected chi connectivity index (χ3v) is 5.28. The molecule has 1 aromatic heterocycles. The maximum atomic E-state index is 12.4. The summed E-state index contributed by atoms with van der Waals surface area (Å²) in [4.78, 5) is 17.0. The van der Waals surface area contributed by atoms with Gasteiger partial charge in [-0.25, -0.2) is 4.98 Å². The number of fused-ring (bicyclic) bond motifs is 1. The van der Waals surface area contributed by atoms with Crippen molar-refractivity contribution in [3.8, 4) is 5.75 Å². The van der Waals surface area contributed by atoms with Crippen LogP contribution in [0.1, 0.15) is 41.3 Å². The maximum absolute atomic E-state index is 12.4. The smallest absolute Gasteiger partial charge is 0.257 e. The van der Waals surface area contributed by atoms with Gasteiger partial charge in [0, 0.05) is 5.56 Å². The van der Waals surface area contributed by atoms with Gasteiger partial charge in [0.25, 0.3) is 5.91 Å². The van der Waals surface area contributed by atoms with Crippen LogP contribution in [-0.2, 0) is 0 Å². The Kier molecular flexibility index (Phi) is 6.59. The number of thiazole rings is 1. The number of amides is 1. The molecule has 0 aliphatic rings. The van der Waals surface area contributed by atoms with Gasteiger partial charge in [0.2, 0.25) is 0 Å². The predicted octanol–water partition coefficient (Wildman–Crippen LogP) is 5.22. The van der Waals surface area contributed by atoms with Gasteiger partial charge in [-0.2, -0.15) is 0 Å². The van der Waals surface area contributed by atoms with Crippen LogP contribution in [0.4, 0.5) is 5.13 Å². The summed E-state index contributed by atoms with van der Waals surface area (Å²) >= 11 is 6.78. The molecule has 3 rings (SSSR count). The number of carbonyl (C=O) groups is 1. The van der Waals surface area contributed by atoms with Gasteiger partial charge in [0.15, 0.2) is 10.2 Å². The van der Waals surface area contributed by atoms with Crippen molar-refractivity contribution in [3.63, 3.8) is 0 Å². The Bertz CT molecular complexity index is 997. The van der Waals surface area contributed by atoms with Crippen molar-refractivity contribution in [3.05, 3.63) is 53.1 Å². The number of hydrogen-bond acceptors (Lipinski definition) is 5. The molecule has 2 aromatic carbocycles. The molecule has 1 amide bonds. The average molecular weight is 414 g/mol. The van der Waals surface area contributed by atoms with E-state index in [1.54, 1.807) is 24.3 Å². The summed E-state index contributed by atoms with van der Waals surface area (Å²) < 4.78 is 6.70. The zero-order valence-electron chi connectivity index (χ0n) is 16.2. The van der Waals surface area contributed by atoms with Crippen molar-refractivity contribution in [2.45, 2.75) is 33.6 Å². The van der Waals surface area contributed by atoms with Crippen LogP contribution >= 0.6 is 23.6 Å². The molecule has 0 fully saturated rings. The summed E-state index contributed by atoms with van der Waals surface area (Å²) in [6.07, 6.45) is 2.09. The van der Waals surface area contributed by atoms with Crippen LogP contribution < -0.4 is 15.4 Å². The fraction of sp³-hybridized carbons (Fsp3) is 0.286. The quantitative estimate of drug-likeness (QED) is 0.429. The molecule has 2 N–H and O–H groups in total. The number of hydrogen-bond donors (Lipinski definition) is 2. The highest BCUT2D eigenvalue weighted by atomic mass is 32.1. The maximum Gasteiger partial charge on any atom is 0.257 e. The standard InChI is InChI=1S/C21H23N3O2S2/c1-4-5-10-26-16-8-6-15(7-9-16)19(25)23-20(27)24-21-22-18-14(3)11-13(2)12-17(18)28-21/h6-9,11-12H,4-5,10H2,1-3H3,(H2,22,23,24,25,27). The van der Waals surface area contributed by atoms with Gasteiger partial charge in [-0.1, -0.05) is 30.7 Å². The third-order valence-electron chi connectivity index (χ3n) is 4.16. The first-order chi connectivity index (χ1) is 13.5. The number of nitrogens with zero attached hydrogens (tertiary/aromatic N) is 1. The van der Waals surface area contributed by atoms with Crippen LogP contribution in [-0.4, -0.2) is 22.6 Å². The molecule has 0 aliphatic heterocycles. The molecule has 0 bridgehead atoms. The average Bonchev–Trinajstić information content (AvgIpc) is 3.04. The van der Waals surface area contributed by atoms with Gasteiger partial charge in [0.05, 0.1) is 16.8 Å². The van der Waals surface area contributed by atoms with Crippen molar-refractivity contribution >= 4 is 49.9 Å². The Hall–Kier alpha value is -2.51. The molecule has 7 heteroatoms. The van der Waals surface area contributed by atoms with Crippen molar-refractivity contribution in [2.24, 2.45) is 0 Å². The Labute approximate surface area is 174 Å². The predicted molar refractivity (Wildman–Crippen MR) is 120 cm³/mol. The Morgan fingerprint density at radius 1 is 1.21 bits per heavy atom. The van der Waals surface area contributed by atoms with Crippen LogP contribution in [0.2, 0.25) is 0 Å². The zero-order valence-corrected chi connectivity index (χ0v) is 17.8. The molecule has 3 aromatic rings. The third kappa shape index (κ3) is 5.05. The lowest BCUT2D eigenvalue weighted by atomic mass is 10.1. The minimum Gasteiger partial charge on any atom is -0.494 e. The summed E-state index contributed by atoms with van der Waals surface area (Å²) in [6.45, 7) is 6.89. The Balaban J connectivity index is 1.60. The van der Waals surface area contributed by atoms with Crippen molar-refractivity contribution in [1.29, 1.82) is 0 Å². The molecule has 0 saturated carbocycles. The van der Waals surface area contributed by atoms with E-state index < -0.39 is 0 Å². The second-order valence-corrected chi connectivity index (χ2v) is 8.02. The number of aromatic nitrogens is 1. The molecule has 0 saturated heterocycles. The van der Waals surface area contributed by atoms with E-state index in [1.165, 1.54) is 16.9 Å². The van der Waals surface area contributed by atoms with E-state index in [-0.39, 0.29) is 11.0 Å². The van der Waals surface area contributed by atoms with E-state index >= 15 is 0 Å². The van der Waals surface area contributed by atoms with Crippen molar-refractivity contribution in [2.75, 3.05) is 11.9 Å². The first-order valence-electron chi connectivity index (χ1n) is 9.19. The number of nitrogens with one attached hydrogen (secondary N) is 2. The Morgan fingerprint density at radius 2 is 1.96 bits per heavy atom. The molecule has 0 unspecified atom stereocenters. The normalized spacial score (nSPS) is 10.7. The number of benzene rings is 2. The van der Waals surface area contributed by atoms with Crippen LogP contribution in [0.3, 0.4) is 0 Å². The van der Waals surface area contributed by atoms with Crippen molar-refractivity contribution in [1.82, 2.24) is 10.3 Å². The van der Waals surface area contributed by atoms with E-state index in [1.807, 2.05) is 6.92 Å². The number of anilines is 1. The van der Waals surface area contributed by atoms with Gasteiger partial charge < -0.3 is 10.1 Å². The molecule has 146 valence electrons. The minimum absolute atomic E-state index is 0.224. The van der Waals surface area contributed by atoms with Gasteiger partial charge >= 0.3 is 0 Å². The summed E-state index contributed by atoms with van der Waals surface area (Å²) in [5, 5.41) is 6.59. The summed E-state index contributed by atoms with van der Waals surface area (Å²) in [7, 11) is 0. The topological polar surface area (TPSA) is 63.2 Å². The first kappa shape index (κ1) is 20.2. The fourth-order valence-electron chi connectivity index (χ4n) is 2.76. The molecule has 5 nitrogen and oxygen atoms in total. The molecule has 0 aliphatic carbocycles. The van der Waals surface area contributed by atoms with Crippen LogP contribution in [0.25, 0.3) is 10.2 Å². The van der Waals surface area contributed by atoms with Gasteiger partial charge in [-0.15, -0.1) is 0 Å². The number of aryl methyl sites for hydroxylation is 2. The largest absolute Gasteiger partial charge is 0.494 e. The highest BCUT2D eigenvalue weighted by molar-refractivity contribution is 7.80. The molecular weight excluding hydrogens is 390 g/mol. The van der Waals surface area contributed by atoms with Gasteiger partial charge in [-0.05, 0) is 73.9 Å². The Morgan fingerprint density at radius 3 is 2.68 bits per heavy atom. The summed E-state index contributed by atoms with van der Waals surface area (Å²) in [5.74, 6) is 0.483. The van der Waals surface area contributed by atoms with E-state index in [9.17, 15) is 4.79 Å². The molecule has 0 spiro atoms. The number of rotatable bonds is 6. The number of unbranched alkanes of at least 4 members (excludes halogenated alkanes) is 1. The summed E-state index contributed by atoms with van der Waals surface area (Å²) in [5.41, 5.74) is 3.78. The van der Waals surface area contributed by atoms with Gasteiger partial charge in [-0.3, -0.25) is 10.1 Å².